The number of rotatable bonds is 6. The van der Waals surface area contributed by atoms with Crippen molar-refractivity contribution in [2.45, 2.75) is 38.8 Å². The molecule has 0 saturated carbocycles. The Morgan fingerprint density at radius 3 is 2.82 bits per heavy atom. The van der Waals surface area contributed by atoms with Gasteiger partial charge in [-0.2, -0.15) is 0 Å². The van der Waals surface area contributed by atoms with E-state index in [0.29, 0.717) is 19.6 Å². The van der Waals surface area contributed by atoms with Gasteiger partial charge in [0.2, 0.25) is 0 Å². The zero-order valence-electron chi connectivity index (χ0n) is 11.0. The van der Waals surface area contributed by atoms with Crippen LogP contribution in [0, 0.1) is 0 Å². The highest BCUT2D eigenvalue weighted by Crippen LogP contribution is 2.19. The molecule has 100 valence electrons. The van der Waals surface area contributed by atoms with Crippen molar-refractivity contribution in [3.8, 4) is 0 Å². The molecular weight excluding hydrogens is 220 g/mol. The maximum absolute atomic E-state index is 11.0. The van der Waals surface area contributed by atoms with Gasteiger partial charge in [-0.15, -0.1) is 0 Å². The lowest BCUT2D eigenvalue weighted by atomic mass is 10.0. The summed E-state index contributed by atoms with van der Waals surface area (Å²) in [5, 5.41) is 12.0. The molecule has 1 heterocycles. The number of carbonyl (C=O) groups is 1. The van der Waals surface area contributed by atoms with Crippen molar-refractivity contribution in [2.75, 3.05) is 32.8 Å². The number of nitrogens with zero attached hydrogens (tertiary/aromatic N) is 1. The summed E-state index contributed by atoms with van der Waals surface area (Å²) in [6.07, 6.45) is 0.632. The number of aliphatic carboxylic acids is 1. The molecule has 5 heteroatoms. The van der Waals surface area contributed by atoms with Gasteiger partial charge in [-0.25, -0.2) is 0 Å². The molecule has 0 aromatic heterocycles. The Bertz CT molecular complexity index is 256. The van der Waals surface area contributed by atoms with E-state index in [9.17, 15) is 4.79 Å². The van der Waals surface area contributed by atoms with Crippen molar-refractivity contribution in [3.63, 3.8) is 0 Å². The fourth-order valence-electron chi connectivity index (χ4n) is 2.15. The molecule has 2 N–H and O–H groups in total. The van der Waals surface area contributed by atoms with Gasteiger partial charge in [0, 0.05) is 18.6 Å². The first-order chi connectivity index (χ1) is 7.97. The van der Waals surface area contributed by atoms with Gasteiger partial charge in [-0.1, -0.05) is 6.92 Å². The maximum atomic E-state index is 11.0. The molecule has 0 bridgehead atoms. The molecule has 1 aliphatic heterocycles. The van der Waals surface area contributed by atoms with Gasteiger partial charge < -0.3 is 15.2 Å². The molecule has 1 saturated heterocycles. The molecule has 0 aromatic carbocycles. The van der Waals surface area contributed by atoms with Crippen molar-refractivity contribution in [1.29, 1.82) is 0 Å². The van der Waals surface area contributed by atoms with E-state index in [0.717, 1.165) is 19.7 Å². The molecule has 1 rings (SSSR count). The average Bonchev–Trinajstić information content (AvgIpc) is 2.25. The lowest BCUT2D eigenvalue weighted by molar-refractivity contribution is -0.140. The minimum atomic E-state index is -0.766. The Labute approximate surface area is 103 Å². The highest BCUT2D eigenvalue weighted by atomic mass is 16.5. The molecule has 0 radical (unpaired) electrons. The van der Waals surface area contributed by atoms with E-state index >= 15 is 0 Å². The highest BCUT2D eigenvalue weighted by molar-refractivity contribution is 5.73. The van der Waals surface area contributed by atoms with E-state index in [2.05, 4.69) is 24.1 Å². The smallest absolute Gasteiger partial charge is 0.320 e. The van der Waals surface area contributed by atoms with Crippen LogP contribution in [-0.2, 0) is 9.53 Å². The van der Waals surface area contributed by atoms with Crippen molar-refractivity contribution in [3.05, 3.63) is 0 Å². The third-order valence-corrected chi connectivity index (χ3v) is 3.25. The van der Waals surface area contributed by atoms with Crippen LogP contribution in [0.4, 0.5) is 0 Å². The monoisotopic (exact) mass is 244 g/mol. The Morgan fingerprint density at radius 1 is 1.59 bits per heavy atom. The molecule has 17 heavy (non-hydrogen) atoms. The highest BCUT2D eigenvalue weighted by Gasteiger charge is 2.31. The number of morpholine rings is 1. The van der Waals surface area contributed by atoms with Gasteiger partial charge in [0.15, 0.2) is 0 Å². The predicted molar refractivity (Wildman–Crippen MR) is 66.2 cm³/mol. The van der Waals surface area contributed by atoms with E-state index in [1.807, 2.05) is 6.92 Å². The van der Waals surface area contributed by atoms with E-state index in [1.54, 1.807) is 0 Å². The minimum Gasteiger partial charge on any atom is -0.480 e. The second kappa shape index (κ2) is 6.33. The molecule has 1 unspecified atom stereocenters. The Kier molecular flexibility index (Phi) is 5.36. The first-order valence-electron chi connectivity index (χ1n) is 6.26. The predicted octanol–water partition coefficient (Wildman–Crippen LogP) is 0.550. The van der Waals surface area contributed by atoms with Crippen molar-refractivity contribution in [1.82, 2.24) is 10.2 Å². The normalized spacial score (nSPS) is 22.3. The lowest BCUT2D eigenvalue weighted by Gasteiger charge is -2.42. The molecule has 0 aromatic rings. The largest absolute Gasteiger partial charge is 0.480 e. The van der Waals surface area contributed by atoms with Gasteiger partial charge >= 0.3 is 5.97 Å². The van der Waals surface area contributed by atoms with Crippen LogP contribution < -0.4 is 5.32 Å². The van der Waals surface area contributed by atoms with E-state index in [4.69, 9.17) is 9.84 Å². The molecule has 0 spiro atoms. The third kappa shape index (κ3) is 4.26. The summed E-state index contributed by atoms with van der Waals surface area (Å²) in [6.45, 7) is 10.0. The third-order valence-electron chi connectivity index (χ3n) is 3.25. The number of hydrogen-bond acceptors (Lipinski definition) is 4. The molecule has 5 nitrogen and oxygen atoms in total. The van der Waals surface area contributed by atoms with Crippen LogP contribution in [0.25, 0.3) is 0 Å². The average molecular weight is 244 g/mol. The van der Waals surface area contributed by atoms with Crippen LogP contribution in [0.15, 0.2) is 0 Å². The molecule has 0 amide bonds. The number of carboxylic acid groups (broad SMARTS) is 1. The summed E-state index contributed by atoms with van der Waals surface area (Å²) in [6, 6.07) is -0.446. The SMILES string of the molecule is CCNC(CCN1CCOCC1(C)C)C(=O)O. The quantitative estimate of drug-likeness (QED) is 0.714. The summed E-state index contributed by atoms with van der Waals surface area (Å²) in [5.74, 6) is -0.766. The van der Waals surface area contributed by atoms with Gasteiger partial charge in [-0.3, -0.25) is 9.69 Å². The fourth-order valence-corrected chi connectivity index (χ4v) is 2.15. The van der Waals surface area contributed by atoms with Crippen LogP contribution in [0.2, 0.25) is 0 Å². The summed E-state index contributed by atoms with van der Waals surface area (Å²) in [7, 11) is 0. The Balaban J connectivity index is 2.44. The number of nitrogens with one attached hydrogen (secondary N) is 1. The minimum absolute atomic E-state index is 0.00746. The molecule has 1 atom stereocenters. The van der Waals surface area contributed by atoms with Crippen LogP contribution >= 0.6 is 0 Å². The molecule has 0 aliphatic carbocycles. The molecule has 1 aliphatic rings. The first-order valence-corrected chi connectivity index (χ1v) is 6.26. The van der Waals surface area contributed by atoms with E-state index < -0.39 is 12.0 Å². The second-order valence-corrected chi connectivity index (χ2v) is 5.09. The van der Waals surface area contributed by atoms with Crippen LogP contribution in [0.1, 0.15) is 27.2 Å². The standard InChI is InChI=1S/C12H24N2O3/c1-4-13-10(11(15)16)5-6-14-7-8-17-9-12(14,2)3/h10,13H,4-9H2,1-3H3,(H,15,16). The zero-order valence-corrected chi connectivity index (χ0v) is 11.0. The molecular formula is C12H24N2O3. The topological polar surface area (TPSA) is 61.8 Å². The number of likely N-dealkylation sites (N-methyl/N-ethyl adjacent to an activating group) is 1. The van der Waals surface area contributed by atoms with E-state index in [-0.39, 0.29) is 5.54 Å². The van der Waals surface area contributed by atoms with Gasteiger partial charge in [0.25, 0.3) is 0 Å². The van der Waals surface area contributed by atoms with Crippen LogP contribution in [-0.4, -0.2) is 60.4 Å². The number of carboxylic acids is 1. The maximum Gasteiger partial charge on any atom is 0.320 e. The Morgan fingerprint density at radius 2 is 2.29 bits per heavy atom. The van der Waals surface area contributed by atoms with Gasteiger partial charge in [0.1, 0.15) is 6.04 Å². The number of hydrogen-bond donors (Lipinski definition) is 2. The van der Waals surface area contributed by atoms with Crippen molar-refractivity contribution < 1.29 is 14.6 Å². The molecule has 1 fully saturated rings. The summed E-state index contributed by atoms with van der Waals surface area (Å²) in [5.41, 5.74) is 0.00746. The van der Waals surface area contributed by atoms with Crippen LogP contribution in [0.5, 0.6) is 0 Å². The van der Waals surface area contributed by atoms with Crippen molar-refractivity contribution in [2.24, 2.45) is 0 Å². The Hall–Kier alpha value is -0.650. The summed E-state index contributed by atoms with van der Waals surface area (Å²) in [4.78, 5) is 13.3. The number of ether oxygens (including phenoxy) is 1. The van der Waals surface area contributed by atoms with Crippen molar-refractivity contribution >= 4 is 5.97 Å². The summed E-state index contributed by atoms with van der Waals surface area (Å²) >= 11 is 0. The first kappa shape index (κ1) is 14.4. The lowest BCUT2D eigenvalue weighted by Crippen LogP contribution is -2.54. The van der Waals surface area contributed by atoms with E-state index in [1.165, 1.54) is 0 Å². The zero-order chi connectivity index (χ0) is 12.9. The summed E-state index contributed by atoms with van der Waals surface area (Å²) < 4.78 is 5.44. The van der Waals surface area contributed by atoms with Gasteiger partial charge in [0.05, 0.1) is 13.2 Å². The van der Waals surface area contributed by atoms with Crippen LogP contribution in [0.3, 0.4) is 0 Å². The second-order valence-electron chi connectivity index (χ2n) is 5.09. The van der Waals surface area contributed by atoms with Gasteiger partial charge in [-0.05, 0) is 26.8 Å². The fraction of sp³-hybridized carbons (Fsp3) is 0.917.